The molecule has 0 bridgehead atoms. The largest absolute Gasteiger partial charge is 0.494 e. The minimum Gasteiger partial charge on any atom is -0.494 e. The van der Waals surface area contributed by atoms with Gasteiger partial charge >= 0.3 is 0 Å². The van der Waals surface area contributed by atoms with E-state index in [2.05, 4.69) is 59.5 Å². The van der Waals surface area contributed by atoms with Crippen molar-refractivity contribution in [3.63, 3.8) is 0 Å². The van der Waals surface area contributed by atoms with E-state index >= 15 is 0 Å². The van der Waals surface area contributed by atoms with E-state index in [0.717, 1.165) is 36.0 Å². The fourth-order valence-electron chi connectivity index (χ4n) is 4.59. The Morgan fingerprint density at radius 2 is 1.59 bits per heavy atom. The summed E-state index contributed by atoms with van der Waals surface area (Å²) in [5.41, 5.74) is 4.45. The van der Waals surface area contributed by atoms with Crippen LogP contribution in [0.4, 0.5) is 5.82 Å². The monoisotopic (exact) mass is 394 g/mol. The highest BCUT2D eigenvalue weighted by Gasteiger charge is 2.28. The summed E-state index contributed by atoms with van der Waals surface area (Å²) >= 11 is 0. The molecule has 1 aliphatic rings. The summed E-state index contributed by atoms with van der Waals surface area (Å²) in [6.45, 7) is 14.9. The molecule has 3 heterocycles. The number of benzene rings is 1. The van der Waals surface area contributed by atoms with Crippen molar-refractivity contribution in [2.75, 3.05) is 24.6 Å². The van der Waals surface area contributed by atoms with E-state index in [0.29, 0.717) is 6.61 Å². The summed E-state index contributed by atoms with van der Waals surface area (Å²) in [6.07, 6.45) is 0.345. The number of aromatic nitrogens is 3. The van der Waals surface area contributed by atoms with Gasteiger partial charge in [-0.1, -0.05) is 0 Å². The van der Waals surface area contributed by atoms with Gasteiger partial charge in [0, 0.05) is 40.9 Å². The molecule has 6 heteroatoms. The van der Waals surface area contributed by atoms with E-state index in [-0.39, 0.29) is 12.2 Å². The molecule has 3 aromatic rings. The number of morpholine rings is 1. The first-order chi connectivity index (χ1) is 13.9. The van der Waals surface area contributed by atoms with E-state index in [1.165, 1.54) is 22.2 Å². The molecule has 0 aliphatic carbocycles. The van der Waals surface area contributed by atoms with Crippen LogP contribution < -0.4 is 9.64 Å². The highest BCUT2D eigenvalue weighted by atomic mass is 16.5. The van der Waals surface area contributed by atoms with Gasteiger partial charge in [0.1, 0.15) is 5.75 Å². The van der Waals surface area contributed by atoms with Crippen LogP contribution in [0.5, 0.6) is 5.75 Å². The van der Waals surface area contributed by atoms with E-state index in [9.17, 15) is 0 Å². The van der Waals surface area contributed by atoms with Crippen LogP contribution in [0, 0.1) is 20.8 Å². The lowest BCUT2D eigenvalue weighted by Crippen LogP contribution is -2.46. The zero-order chi connectivity index (χ0) is 20.7. The molecule has 1 aliphatic heterocycles. The highest BCUT2D eigenvalue weighted by molar-refractivity contribution is 5.98. The summed E-state index contributed by atoms with van der Waals surface area (Å²) in [5, 5.41) is 11.5. The fourth-order valence-corrected chi connectivity index (χ4v) is 4.59. The number of ether oxygens (including phenoxy) is 2. The summed E-state index contributed by atoms with van der Waals surface area (Å²) in [6, 6.07) is 8.27. The molecule has 0 radical (unpaired) electrons. The van der Waals surface area contributed by atoms with Crippen LogP contribution in [0.25, 0.3) is 16.5 Å². The van der Waals surface area contributed by atoms with Gasteiger partial charge in [-0.2, -0.15) is 5.10 Å². The van der Waals surface area contributed by atoms with Gasteiger partial charge in [0.25, 0.3) is 0 Å². The molecule has 4 rings (SSSR count). The lowest BCUT2D eigenvalue weighted by Gasteiger charge is -2.36. The third-order valence-electron chi connectivity index (χ3n) is 5.65. The number of nitrogens with zero attached hydrogens (tertiary/aromatic N) is 4. The molecule has 154 valence electrons. The van der Waals surface area contributed by atoms with Crippen molar-refractivity contribution in [3.05, 3.63) is 41.3 Å². The predicted molar refractivity (Wildman–Crippen MR) is 116 cm³/mol. The van der Waals surface area contributed by atoms with Gasteiger partial charge in [0.2, 0.25) is 0 Å². The molecule has 1 aromatic carbocycles. The average Bonchev–Trinajstić information content (AvgIpc) is 2.94. The molecule has 29 heavy (non-hydrogen) atoms. The predicted octanol–water partition coefficient (Wildman–Crippen LogP) is 4.36. The van der Waals surface area contributed by atoms with Crippen LogP contribution in [0.1, 0.15) is 37.9 Å². The minimum absolute atomic E-state index is 0.173. The van der Waals surface area contributed by atoms with Gasteiger partial charge in [-0.15, -0.1) is 5.10 Å². The first kappa shape index (κ1) is 19.7. The summed E-state index contributed by atoms with van der Waals surface area (Å²) < 4.78 is 13.8. The minimum atomic E-state index is 0.173. The number of hydrogen-bond donors (Lipinski definition) is 0. The van der Waals surface area contributed by atoms with E-state index in [1.54, 1.807) is 0 Å². The van der Waals surface area contributed by atoms with Gasteiger partial charge in [-0.05, 0) is 65.8 Å². The molecule has 1 saturated heterocycles. The van der Waals surface area contributed by atoms with E-state index in [1.807, 2.05) is 26.0 Å². The van der Waals surface area contributed by atoms with Crippen molar-refractivity contribution < 1.29 is 9.47 Å². The zero-order valence-corrected chi connectivity index (χ0v) is 18.2. The second-order valence-corrected chi connectivity index (χ2v) is 7.95. The molecule has 2 atom stereocenters. The molecule has 0 amide bonds. The number of hydrogen-bond acceptors (Lipinski definition) is 5. The Balaban J connectivity index is 1.87. The second kappa shape index (κ2) is 7.67. The average molecular weight is 395 g/mol. The van der Waals surface area contributed by atoms with Gasteiger partial charge in [0.05, 0.1) is 24.5 Å². The Morgan fingerprint density at radius 3 is 2.21 bits per heavy atom. The third-order valence-corrected chi connectivity index (χ3v) is 5.65. The Hall–Kier alpha value is -2.60. The van der Waals surface area contributed by atoms with E-state index < -0.39 is 0 Å². The van der Waals surface area contributed by atoms with Crippen molar-refractivity contribution in [1.82, 2.24) is 14.8 Å². The first-order valence-electron chi connectivity index (χ1n) is 10.4. The smallest absolute Gasteiger partial charge is 0.161 e. The van der Waals surface area contributed by atoms with Crippen LogP contribution >= 0.6 is 0 Å². The normalized spacial score (nSPS) is 19.7. The quantitative estimate of drug-likeness (QED) is 0.658. The van der Waals surface area contributed by atoms with Crippen molar-refractivity contribution in [1.29, 1.82) is 0 Å². The highest BCUT2D eigenvalue weighted by Crippen LogP contribution is 2.36. The maximum absolute atomic E-state index is 5.93. The Bertz CT molecular complexity index is 1020. The first-order valence-corrected chi connectivity index (χ1v) is 10.4. The van der Waals surface area contributed by atoms with Crippen molar-refractivity contribution >= 4 is 16.6 Å². The van der Waals surface area contributed by atoms with Crippen LogP contribution in [0.3, 0.4) is 0 Å². The molecular weight excluding hydrogens is 364 g/mol. The lowest BCUT2D eigenvalue weighted by atomic mass is 10.1. The van der Waals surface area contributed by atoms with Gasteiger partial charge in [-0.3, -0.25) is 0 Å². The van der Waals surface area contributed by atoms with Gasteiger partial charge in [0.15, 0.2) is 5.82 Å². The fraction of sp³-hybridized carbons (Fsp3) is 0.478. The zero-order valence-electron chi connectivity index (χ0n) is 18.2. The van der Waals surface area contributed by atoms with Crippen molar-refractivity contribution in [3.8, 4) is 11.4 Å². The van der Waals surface area contributed by atoms with Crippen LogP contribution in [-0.4, -0.2) is 46.7 Å². The maximum atomic E-state index is 5.93. The number of rotatable bonds is 4. The number of aryl methyl sites for hydroxylation is 3. The lowest BCUT2D eigenvalue weighted by molar-refractivity contribution is -0.00541. The Labute approximate surface area is 172 Å². The molecule has 0 saturated carbocycles. The molecule has 1 fully saturated rings. The number of fused-ring (bicyclic) bond motifs is 1. The molecule has 0 N–H and O–H groups in total. The summed E-state index contributed by atoms with van der Waals surface area (Å²) in [5.74, 6) is 1.85. The molecule has 0 spiro atoms. The SMILES string of the molecule is CCOc1ccc(-n2c(C)c3c(C)nnc(N4C[C@@H](C)O[C@@H](C)C4)c3c2C)cc1. The van der Waals surface area contributed by atoms with Crippen molar-refractivity contribution in [2.24, 2.45) is 0 Å². The van der Waals surface area contributed by atoms with E-state index in [4.69, 9.17) is 9.47 Å². The van der Waals surface area contributed by atoms with Crippen LogP contribution in [-0.2, 0) is 4.74 Å². The maximum Gasteiger partial charge on any atom is 0.161 e. The Morgan fingerprint density at radius 1 is 0.966 bits per heavy atom. The topological polar surface area (TPSA) is 52.4 Å². The van der Waals surface area contributed by atoms with Crippen LogP contribution in [0.2, 0.25) is 0 Å². The second-order valence-electron chi connectivity index (χ2n) is 7.95. The van der Waals surface area contributed by atoms with Crippen LogP contribution in [0.15, 0.2) is 24.3 Å². The Kier molecular flexibility index (Phi) is 5.21. The standard InChI is InChI=1S/C23H30N4O2/c1-7-28-20-10-8-19(9-11-20)27-17(5)21-16(4)24-25-23(22(21)18(27)6)26-12-14(2)29-15(3)13-26/h8-11,14-15H,7,12-13H2,1-6H3/t14-,15+. The molecule has 6 nitrogen and oxygen atoms in total. The molecule has 0 unspecified atom stereocenters. The van der Waals surface area contributed by atoms with Crippen molar-refractivity contribution in [2.45, 2.75) is 53.8 Å². The molecular formula is C23H30N4O2. The summed E-state index contributed by atoms with van der Waals surface area (Å²) in [7, 11) is 0. The molecule has 2 aromatic heterocycles. The third kappa shape index (κ3) is 3.46. The van der Waals surface area contributed by atoms with Gasteiger partial charge in [-0.25, -0.2) is 0 Å². The summed E-state index contributed by atoms with van der Waals surface area (Å²) in [4.78, 5) is 2.32. The van der Waals surface area contributed by atoms with Gasteiger partial charge < -0.3 is 18.9 Å². The number of anilines is 1.